The topological polar surface area (TPSA) is 97.4 Å². The molecule has 2 aliphatic heterocycles. The van der Waals surface area contributed by atoms with Gasteiger partial charge in [-0.05, 0) is 73.1 Å². The molecule has 2 aromatic carbocycles. The number of imide groups is 1. The summed E-state index contributed by atoms with van der Waals surface area (Å²) in [4.78, 5) is 41.4. The van der Waals surface area contributed by atoms with Gasteiger partial charge in [0.1, 0.15) is 6.54 Å². The zero-order chi connectivity index (χ0) is 26.4. The number of benzene rings is 2. The Hall–Kier alpha value is -3.50. The molecule has 0 aromatic heterocycles. The number of rotatable bonds is 9. The second-order valence-corrected chi connectivity index (χ2v) is 9.70. The molecule has 4 rings (SSSR count). The SMILES string of the molecule is CC[C@H](C)Oc1ccc(/C=C2\SC(=O)N(CC(=O)Nc3ccc(N4CCOCC4)cc3)C2=O)cc1OC. The molecule has 0 aliphatic carbocycles. The molecule has 3 amide bonds. The van der Waals surface area contributed by atoms with Crippen molar-refractivity contribution in [3.8, 4) is 11.5 Å². The van der Waals surface area contributed by atoms with Gasteiger partial charge < -0.3 is 24.4 Å². The third kappa shape index (κ3) is 6.64. The van der Waals surface area contributed by atoms with Crippen LogP contribution in [-0.4, -0.2) is 68.0 Å². The highest BCUT2D eigenvalue weighted by molar-refractivity contribution is 8.18. The van der Waals surface area contributed by atoms with Gasteiger partial charge in [-0.3, -0.25) is 19.3 Å². The fourth-order valence-corrected chi connectivity index (χ4v) is 4.72. The van der Waals surface area contributed by atoms with E-state index < -0.39 is 17.1 Å². The Morgan fingerprint density at radius 3 is 2.54 bits per heavy atom. The van der Waals surface area contributed by atoms with Crippen LogP contribution in [0.15, 0.2) is 47.4 Å². The molecule has 196 valence electrons. The molecule has 9 nitrogen and oxygen atoms in total. The summed E-state index contributed by atoms with van der Waals surface area (Å²) in [5, 5.41) is 2.27. The molecule has 0 radical (unpaired) electrons. The van der Waals surface area contributed by atoms with Crippen LogP contribution in [-0.2, 0) is 14.3 Å². The van der Waals surface area contributed by atoms with Crippen LogP contribution in [0.3, 0.4) is 0 Å². The average molecular weight is 526 g/mol. The molecule has 0 spiro atoms. The van der Waals surface area contributed by atoms with Gasteiger partial charge in [0.15, 0.2) is 11.5 Å². The number of methoxy groups -OCH3 is 1. The monoisotopic (exact) mass is 525 g/mol. The van der Waals surface area contributed by atoms with Crippen molar-refractivity contribution in [1.82, 2.24) is 4.90 Å². The Balaban J connectivity index is 1.38. The molecule has 2 heterocycles. The van der Waals surface area contributed by atoms with Crippen LogP contribution < -0.4 is 19.7 Å². The van der Waals surface area contributed by atoms with E-state index in [1.165, 1.54) is 0 Å². The lowest BCUT2D eigenvalue weighted by Gasteiger charge is -2.28. The first-order chi connectivity index (χ1) is 17.9. The van der Waals surface area contributed by atoms with Gasteiger partial charge in [-0.1, -0.05) is 13.0 Å². The Kier molecular flexibility index (Phi) is 8.73. The first-order valence-corrected chi connectivity index (χ1v) is 13.0. The Labute approximate surface area is 220 Å². The Morgan fingerprint density at radius 2 is 1.86 bits per heavy atom. The molecule has 0 saturated carbocycles. The number of morpholine rings is 1. The van der Waals surface area contributed by atoms with Crippen molar-refractivity contribution in [2.75, 3.05) is 50.2 Å². The fraction of sp³-hybridized carbons (Fsp3) is 0.370. The maximum atomic E-state index is 12.9. The van der Waals surface area contributed by atoms with Crippen molar-refractivity contribution in [1.29, 1.82) is 0 Å². The highest BCUT2D eigenvalue weighted by Gasteiger charge is 2.36. The summed E-state index contributed by atoms with van der Waals surface area (Å²) in [6, 6.07) is 12.8. The number of nitrogens with one attached hydrogen (secondary N) is 1. The van der Waals surface area contributed by atoms with E-state index in [0.717, 1.165) is 41.9 Å². The van der Waals surface area contributed by atoms with Gasteiger partial charge in [-0.15, -0.1) is 0 Å². The largest absolute Gasteiger partial charge is 0.493 e. The van der Waals surface area contributed by atoms with E-state index >= 15 is 0 Å². The van der Waals surface area contributed by atoms with E-state index in [1.54, 1.807) is 43.5 Å². The van der Waals surface area contributed by atoms with Crippen LogP contribution in [0.25, 0.3) is 6.08 Å². The van der Waals surface area contributed by atoms with Gasteiger partial charge in [0, 0.05) is 24.5 Å². The number of carbonyl (C=O) groups is 3. The van der Waals surface area contributed by atoms with E-state index in [2.05, 4.69) is 10.2 Å². The standard InChI is InChI=1S/C27H31N3O6S/c1-4-18(2)36-22-10-5-19(15-23(22)34-3)16-24-26(32)30(27(33)37-24)17-25(31)28-20-6-8-21(9-7-20)29-11-13-35-14-12-29/h5-10,15-16,18H,4,11-14,17H2,1-3H3,(H,28,31)/b24-16-/t18-/m0/s1. The highest BCUT2D eigenvalue weighted by atomic mass is 32.2. The fourth-order valence-electron chi connectivity index (χ4n) is 3.88. The van der Waals surface area contributed by atoms with Crippen molar-refractivity contribution in [3.63, 3.8) is 0 Å². The van der Waals surface area contributed by atoms with Crippen LogP contribution in [0.5, 0.6) is 11.5 Å². The van der Waals surface area contributed by atoms with Crippen LogP contribution in [0.2, 0.25) is 0 Å². The predicted octanol–water partition coefficient (Wildman–Crippen LogP) is 4.38. The van der Waals surface area contributed by atoms with Gasteiger partial charge in [0.05, 0.1) is 31.3 Å². The van der Waals surface area contributed by atoms with Crippen molar-refractivity contribution >= 4 is 46.3 Å². The molecule has 2 aliphatic rings. The van der Waals surface area contributed by atoms with E-state index in [9.17, 15) is 14.4 Å². The molecule has 2 aromatic rings. The highest BCUT2D eigenvalue weighted by Crippen LogP contribution is 2.35. The minimum atomic E-state index is -0.508. The van der Waals surface area contributed by atoms with Crippen molar-refractivity contribution in [2.24, 2.45) is 0 Å². The minimum Gasteiger partial charge on any atom is -0.493 e. The lowest BCUT2D eigenvalue weighted by molar-refractivity contribution is -0.127. The normalized spacial score (nSPS) is 17.8. The molecule has 2 fully saturated rings. The summed E-state index contributed by atoms with van der Waals surface area (Å²) in [5.41, 5.74) is 2.33. The number of amides is 3. The maximum Gasteiger partial charge on any atom is 0.294 e. The third-order valence-corrected chi connectivity index (χ3v) is 7.00. The predicted molar refractivity (Wildman–Crippen MR) is 144 cm³/mol. The average Bonchev–Trinajstić information content (AvgIpc) is 3.17. The van der Waals surface area contributed by atoms with E-state index in [1.807, 2.05) is 26.0 Å². The zero-order valence-corrected chi connectivity index (χ0v) is 22.0. The van der Waals surface area contributed by atoms with Crippen molar-refractivity contribution in [3.05, 3.63) is 52.9 Å². The minimum absolute atomic E-state index is 0.0325. The smallest absolute Gasteiger partial charge is 0.294 e. The second kappa shape index (κ2) is 12.2. The number of ether oxygens (including phenoxy) is 3. The first-order valence-electron chi connectivity index (χ1n) is 12.2. The lowest BCUT2D eigenvalue weighted by atomic mass is 10.1. The van der Waals surface area contributed by atoms with Gasteiger partial charge in [0.25, 0.3) is 11.1 Å². The van der Waals surface area contributed by atoms with Crippen LogP contribution in [0.1, 0.15) is 25.8 Å². The number of nitrogens with zero attached hydrogens (tertiary/aromatic N) is 2. The molecule has 10 heteroatoms. The van der Waals surface area contributed by atoms with Gasteiger partial charge in [0.2, 0.25) is 5.91 Å². The third-order valence-electron chi connectivity index (χ3n) is 6.09. The summed E-state index contributed by atoms with van der Waals surface area (Å²) in [6.45, 7) is 6.66. The Morgan fingerprint density at radius 1 is 1.14 bits per heavy atom. The number of thioether (sulfide) groups is 1. The molecule has 2 saturated heterocycles. The van der Waals surface area contributed by atoms with Crippen LogP contribution in [0.4, 0.5) is 16.2 Å². The van der Waals surface area contributed by atoms with E-state index in [4.69, 9.17) is 14.2 Å². The number of anilines is 2. The van der Waals surface area contributed by atoms with Gasteiger partial charge >= 0.3 is 0 Å². The second-order valence-electron chi connectivity index (χ2n) is 8.71. The zero-order valence-electron chi connectivity index (χ0n) is 21.2. The molecule has 0 unspecified atom stereocenters. The molecule has 1 atom stereocenters. The van der Waals surface area contributed by atoms with Crippen LogP contribution >= 0.6 is 11.8 Å². The summed E-state index contributed by atoms with van der Waals surface area (Å²) in [5.74, 6) is 0.187. The van der Waals surface area contributed by atoms with Crippen molar-refractivity contribution < 1.29 is 28.6 Å². The summed E-state index contributed by atoms with van der Waals surface area (Å²) in [7, 11) is 1.55. The molecule has 37 heavy (non-hydrogen) atoms. The lowest BCUT2D eigenvalue weighted by Crippen LogP contribution is -2.36. The van der Waals surface area contributed by atoms with E-state index in [-0.39, 0.29) is 17.6 Å². The molecule has 0 bridgehead atoms. The van der Waals surface area contributed by atoms with Gasteiger partial charge in [-0.2, -0.15) is 0 Å². The first kappa shape index (κ1) is 26.6. The summed E-state index contributed by atoms with van der Waals surface area (Å²) in [6.07, 6.45) is 2.50. The quantitative estimate of drug-likeness (QED) is 0.482. The van der Waals surface area contributed by atoms with E-state index in [0.29, 0.717) is 36.0 Å². The van der Waals surface area contributed by atoms with Gasteiger partial charge in [-0.25, -0.2) is 0 Å². The molecular weight excluding hydrogens is 494 g/mol. The Bertz CT molecular complexity index is 1180. The summed E-state index contributed by atoms with van der Waals surface area (Å²) >= 11 is 0.805. The number of hydrogen-bond acceptors (Lipinski definition) is 8. The van der Waals surface area contributed by atoms with Crippen molar-refractivity contribution in [2.45, 2.75) is 26.4 Å². The summed E-state index contributed by atoms with van der Waals surface area (Å²) < 4.78 is 16.7. The number of carbonyl (C=O) groups excluding carboxylic acids is 3. The molecule has 1 N–H and O–H groups in total. The maximum absolute atomic E-state index is 12.9. The number of hydrogen-bond donors (Lipinski definition) is 1. The molecular formula is C27H31N3O6S. The van der Waals surface area contributed by atoms with Crippen LogP contribution in [0, 0.1) is 0 Å².